The summed E-state index contributed by atoms with van der Waals surface area (Å²) in [4.78, 5) is 20.4. The Morgan fingerprint density at radius 2 is 2.10 bits per heavy atom. The number of anilines is 1. The SMILES string of the molecule is COCCOc1cc(C(=O)Nc2ncccc2C)ccn1. The summed E-state index contributed by atoms with van der Waals surface area (Å²) in [7, 11) is 1.59. The first-order valence-corrected chi connectivity index (χ1v) is 6.51. The van der Waals surface area contributed by atoms with E-state index in [9.17, 15) is 4.79 Å². The van der Waals surface area contributed by atoms with Crippen molar-refractivity contribution in [2.45, 2.75) is 6.92 Å². The lowest BCUT2D eigenvalue weighted by Crippen LogP contribution is -2.14. The third-order valence-corrected chi connectivity index (χ3v) is 2.78. The van der Waals surface area contributed by atoms with Crippen molar-refractivity contribution in [3.63, 3.8) is 0 Å². The van der Waals surface area contributed by atoms with Crippen molar-refractivity contribution in [2.75, 3.05) is 25.6 Å². The number of methoxy groups -OCH3 is 1. The van der Waals surface area contributed by atoms with Gasteiger partial charge < -0.3 is 14.8 Å². The standard InChI is InChI=1S/C15H17N3O3/c1-11-4-3-6-17-14(11)18-15(19)12-5-7-16-13(10-12)21-9-8-20-2/h3-7,10H,8-9H2,1-2H3,(H,17,18,19). The molecule has 0 atom stereocenters. The van der Waals surface area contributed by atoms with Gasteiger partial charge in [0.1, 0.15) is 12.4 Å². The minimum atomic E-state index is -0.254. The third-order valence-electron chi connectivity index (χ3n) is 2.78. The molecule has 2 aromatic heterocycles. The lowest BCUT2D eigenvalue weighted by molar-refractivity contribution is 0.102. The number of hydrogen-bond acceptors (Lipinski definition) is 5. The lowest BCUT2D eigenvalue weighted by atomic mass is 10.2. The van der Waals surface area contributed by atoms with Crippen LogP contribution in [0.25, 0.3) is 0 Å². The highest BCUT2D eigenvalue weighted by molar-refractivity contribution is 6.04. The van der Waals surface area contributed by atoms with Crippen LogP contribution in [0.15, 0.2) is 36.7 Å². The van der Waals surface area contributed by atoms with Crippen LogP contribution in [0.4, 0.5) is 5.82 Å². The molecule has 0 fully saturated rings. The Morgan fingerprint density at radius 3 is 2.86 bits per heavy atom. The predicted octanol–water partition coefficient (Wildman–Crippen LogP) is 2.06. The van der Waals surface area contributed by atoms with Gasteiger partial charge in [0, 0.05) is 31.1 Å². The van der Waals surface area contributed by atoms with Crippen LogP contribution < -0.4 is 10.1 Å². The number of aryl methyl sites for hydroxylation is 1. The van der Waals surface area contributed by atoms with Crippen molar-refractivity contribution in [3.05, 3.63) is 47.8 Å². The molecule has 0 saturated carbocycles. The Labute approximate surface area is 123 Å². The predicted molar refractivity (Wildman–Crippen MR) is 78.5 cm³/mol. The fraction of sp³-hybridized carbons (Fsp3) is 0.267. The Morgan fingerprint density at radius 1 is 1.24 bits per heavy atom. The van der Waals surface area contributed by atoms with Gasteiger partial charge >= 0.3 is 0 Å². The maximum Gasteiger partial charge on any atom is 0.257 e. The van der Waals surface area contributed by atoms with Crippen LogP contribution in [0, 0.1) is 6.92 Å². The second-order valence-electron chi connectivity index (χ2n) is 4.35. The van der Waals surface area contributed by atoms with E-state index in [1.54, 1.807) is 25.4 Å². The molecule has 0 aromatic carbocycles. The molecule has 0 aliphatic carbocycles. The highest BCUT2D eigenvalue weighted by Gasteiger charge is 2.10. The average molecular weight is 287 g/mol. The molecule has 0 radical (unpaired) electrons. The van der Waals surface area contributed by atoms with E-state index < -0.39 is 0 Å². The van der Waals surface area contributed by atoms with E-state index >= 15 is 0 Å². The van der Waals surface area contributed by atoms with Gasteiger partial charge in [0.15, 0.2) is 0 Å². The molecule has 2 heterocycles. The van der Waals surface area contributed by atoms with Gasteiger partial charge in [0.2, 0.25) is 5.88 Å². The number of amides is 1. The number of carbonyl (C=O) groups is 1. The van der Waals surface area contributed by atoms with E-state index in [0.29, 0.717) is 30.5 Å². The molecule has 1 amide bonds. The Bertz CT molecular complexity index is 617. The molecule has 0 bridgehead atoms. The zero-order valence-electron chi connectivity index (χ0n) is 12.0. The van der Waals surface area contributed by atoms with Crippen LogP contribution >= 0.6 is 0 Å². The Kier molecular flexibility index (Phi) is 5.22. The quantitative estimate of drug-likeness (QED) is 0.823. The molecule has 1 N–H and O–H groups in total. The minimum Gasteiger partial charge on any atom is -0.475 e. The van der Waals surface area contributed by atoms with Crippen LogP contribution in [-0.4, -0.2) is 36.2 Å². The largest absolute Gasteiger partial charge is 0.475 e. The summed E-state index contributed by atoms with van der Waals surface area (Å²) >= 11 is 0. The second-order valence-corrected chi connectivity index (χ2v) is 4.35. The number of pyridine rings is 2. The van der Waals surface area contributed by atoms with Crippen molar-refractivity contribution >= 4 is 11.7 Å². The molecule has 21 heavy (non-hydrogen) atoms. The van der Waals surface area contributed by atoms with Crippen molar-refractivity contribution in [1.29, 1.82) is 0 Å². The summed E-state index contributed by atoms with van der Waals surface area (Å²) in [5.41, 5.74) is 1.36. The zero-order valence-corrected chi connectivity index (χ0v) is 12.0. The summed E-state index contributed by atoms with van der Waals surface area (Å²) < 4.78 is 10.3. The smallest absolute Gasteiger partial charge is 0.257 e. The Balaban J connectivity index is 2.05. The summed E-state index contributed by atoms with van der Waals surface area (Å²) in [5.74, 6) is 0.675. The van der Waals surface area contributed by atoms with Crippen LogP contribution in [0.1, 0.15) is 15.9 Å². The molecule has 6 heteroatoms. The van der Waals surface area contributed by atoms with Crippen LogP contribution in [-0.2, 0) is 4.74 Å². The highest BCUT2D eigenvalue weighted by Crippen LogP contribution is 2.13. The number of nitrogens with zero attached hydrogens (tertiary/aromatic N) is 2. The van der Waals surface area contributed by atoms with Crippen LogP contribution in [0.5, 0.6) is 5.88 Å². The summed E-state index contributed by atoms with van der Waals surface area (Å²) in [6.45, 7) is 2.73. The Hall–Kier alpha value is -2.47. The first-order valence-electron chi connectivity index (χ1n) is 6.51. The maximum atomic E-state index is 12.2. The number of ether oxygens (including phenoxy) is 2. The van der Waals surface area contributed by atoms with Gasteiger partial charge in [0.05, 0.1) is 6.61 Å². The normalized spacial score (nSPS) is 10.2. The van der Waals surface area contributed by atoms with E-state index in [2.05, 4.69) is 15.3 Å². The first kappa shape index (κ1) is 14.9. The minimum absolute atomic E-state index is 0.254. The highest BCUT2D eigenvalue weighted by atomic mass is 16.5. The third kappa shape index (κ3) is 4.25. The van der Waals surface area contributed by atoms with E-state index in [0.717, 1.165) is 5.56 Å². The first-order chi connectivity index (χ1) is 10.2. The monoisotopic (exact) mass is 287 g/mol. The van der Waals surface area contributed by atoms with E-state index in [1.165, 1.54) is 6.20 Å². The van der Waals surface area contributed by atoms with Gasteiger partial charge in [-0.25, -0.2) is 9.97 Å². The van der Waals surface area contributed by atoms with Crippen molar-refractivity contribution < 1.29 is 14.3 Å². The summed E-state index contributed by atoms with van der Waals surface area (Å²) in [5, 5.41) is 2.76. The van der Waals surface area contributed by atoms with Gasteiger partial charge in [-0.2, -0.15) is 0 Å². The number of hydrogen-bond donors (Lipinski definition) is 1. The van der Waals surface area contributed by atoms with Gasteiger partial charge in [-0.3, -0.25) is 4.79 Å². The number of carbonyl (C=O) groups excluding carboxylic acids is 1. The van der Waals surface area contributed by atoms with Crippen LogP contribution in [0.3, 0.4) is 0 Å². The summed E-state index contributed by atoms with van der Waals surface area (Å²) in [6.07, 6.45) is 3.16. The fourth-order valence-corrected chi connectivity index (χ4v) is 1.66. The fourth-order valence-electron chi connectivity index (χ4n) is 1.66. The topological polar surface area (TPSA) is 73.3 Å². The average Bonchev–Trinajstić information content (AvgIpc) is 2.50. The number of rotatable bonds is 6. The van der Waals surface area contributed by atoms with Gasteiger partial charge in [0.25, 0.3) is 5.91 Å². The molecular weight excluding hydrogens is 270 g/mol. The van der Waals surface area contributed by atoms with Crippen LogP contribution in [0.2, 0.25) is 0 Å². The molecule has 0 aliphatic heterocycles. The van der Waals surface area contributed by atoms with Gasteiger partial charge in [-0.1, -0.05) is 6.07 Å². The van der Waals surface area contributed by atoms with Crippen molar-refractivity contribution in [3.8, 4) is 5.88 Å². The molecular formula is C15H17N3O3. The second kappa shape index (κ2) is 7.35. The number of nitrogens with one attached hydrogen (secondary N) is 1. The zero-order chi connectivity index (χ0) is 15.1. The van der Waals surface area contributed by atoms with Gasteiger partial charge in [-0.05, 0) is 24.6 Å². The van der Waals surface area contributed by atoms with E-state index in [-0.39, 0.29) is 5.91 Å². The molecule has 0 saturated heterocycles. The number of aromatic nitrogens is 2. The summed E-state index contributed by atoms with van der Waals surface area (Å²) in [6, 6.07) is 6.91. The molecule has 0 aliphatic rings. The molecule has 2 aromatic rings. The molecule has 2 rings (SSSR count). The van der Waals surface area contributed by atoms with Crippen molar-refractivity contribution in [2.24, 2.45) is 0 Å². The molecule has 0 spiro atoms. The molecule has 6 nitrogen and oxygen atoms in total. The van der Waals surface area contributed by atoms with Gasteiger partial charge in [-0.15, -0.1) is 0 Å². The lowest BCUT2D eigenvalue weighted by Gasteiger charge is -2.08. The van der Waals surface area contributed by atoms with Crippen molar-refractivity contribution in [1.82, 2.24) is 9.97 Å². The van der Waals surface area contributed by atoms with E-state index in [1.807, 2.05) is 19.1 Å². The molecule has 110 valence electrons. The van der Waals surface area contributed by atoms with E-state index in [4.69, 9.17) is 9.47 Å². The molecule has 0 unspecified atom stereocenters. The maximum absolute atomic E-state index is 12.2.